The fourth-order valence-corrected chi connectivity index (χ4v) is 3.52. The Labute approximate surface area is 207 Å². The Balaban J connectivity index is 1.78. The molecule has 0 aliphatic carbocycles. The van der Waals surface area contributed by atoms with Gasteiger partial charge in [0.05, 0.1) is 34.6 Å². The smallest absolute Gasteiger partial charge is 0.253 e. The van der Waals surface area contributed by atoms with Crippen LogP contribution >= 0.6 is 23.2 Å². The van der Waals surface area contributed by atoms with E-state index in [4.69, 9.17) is 23.2 Å². The lowest BCUT2D eigenvalue weighted by Gasteiger charge is -2.16. The van der Waals surface area contributed by atoms with Gasteiger partial charge in [0.2, 0.25) is 0 Å². The summed E-state index contributed by atoms with van der Waals surface area (Å²) in [5.74, 6) is 0.165. The second kappa shape index (κ2) is 11.8. The number of nitrogens with one attached hydrogen (secondary N) is 2. The molecule has 0 aliphatic heterocycles. The zero-order chi connectivity index (χ0) is 24.7. The fourth-order valence-electron chi connectivity index (χ4n) is 3.20. The van der Waals surface area contributed by atoms with Gasteiger partial charge in [-0.2, -0.15) is 0 Å². The molecule has 0 saturated heterocycles. The molecule has 0 spiro atoms. The minimum absolute atomic E-state index is 0.228. The van der Waals surface area contributed by atoms with E-state index in [9.17, 15) is 14.3 Å². The first kappa shape index (κ1) is 25.5. The van der Waals surface area contributed by atoms with Gasteiger partial charge < -0.3 is 20.3 Å². The number of aliphatic hydroxyl groups excluding tert-OH is 1. The Morgan fingerprint density at radius 2 is 2.12 bits per heavy atom. The van der Waals surface area contributed by atoms with E-state index in [1.165, 1.54) is 18.2 Å². The molecule has 3 aromatic rings. The molecule has 0 fully saturated rings. The zero-order valence-electron chi connectivity index (χ0n) is 18.7. The van der Waals surface area contributed by atoms with Gasteiger partial charge in [-0.1, -0.05) is 29.8 Å². The highest BCUT2D eigenvalue weighted by Crippen LogP contribution is 2.27. The number of aryl methyl sites for hydroxylation is 1. The van der Waals surface area contributed by atoms with Crippen molar-refractivity contribution in [1.29, 1.82) is 0 Å². The van der Waals surface area contributed by atoms with E-state index in [0.29, 0.717) is 22.9 Å². The number of allylic oxidation sites excluding steroid dienone is 3. The first-order valence-corrected chi connectivity index (χ1v) is 11.4. The molecule has 1 atom stereocenters. The van der Waals surface area contributed by atoms with Crippen LogP contribution in [0.5, 0.6) is 0 Å². The first-order chi connectivity index (χ1) is 16.3. The minimum atomic E-state index is -0.519. The summed E-state index contributed by atoms with van der Waals surface area (Å²) in [5, 5.41) is 15.9. The molecule has 34 heavy (non-hydrogen) atoms. The Morgan fingerprint density at radius 1 is 1.32 bits per heavy atom. The third kappa shape index (κ3) is 6.47. The van der Waals surface area contributed by atoms with Crippen LogP contribution in [-0.4, -0.2) is 39.1 Å². The van der Waals surface area contributed by atoms with Crippen molar-refractivity contribution in [2.45, 2.75) is 19.9 Å². The van der Waals surface area contributed by atoms with Crippen LogP contribution < -0.4 is 10.6 Å². The number of halogens is 3. The number of pyridine rings is 1. The van der Waals surface area contributed by atoms with Crippen LogP contribution in [0.25, 0.3) is 5.69 Å². The van der Waals surface area contributed by atoms with Crippen molar-refractivity contribution in [1.82, 2.24) is 14.9 Å². The van der Waals surface area contributed by atoms with Crippen LogP contribution in [0.1, 0.15) is 22.8 Å². The molecule has 9 heteroatoms. The number of benzene rings is 1. The molecule has 2 aromatic heterocycles. The van der Waals surface area contributed by atoms with Gasteiger partial charge in [0.15, 0.2) is 0 Å². The number of hydrogen-bond donors (Lipinski definition) is 3. The highest BCUT2D eigenvalue weighted by atomic mass is 35.5. The lowest BCUT2D eigenvalue weighted by molar-refractivity contribution is 0.0926. The minimum Gasteiger partial charge on any atom is -0.394 e. The van der Waals surface area contributed by atoms with Crippen LogP contribution in [-0.2, 0) is 0 Å². The molecule has 1 amide bonds. The monoisotopic (exact) mass is 502 g/mol. The number of aromatic nitrogens is 2. The molecular weight excluding hydrogens is 478 g/mol. The SMILES string of the molecule is C/C(=C\C=C/CCl)C(CO)NC(=O)c1ccn(-c2cc(Nc3ccc(F)cc3Cl)ncc2C)c1. The summed E-state index contributed by atoms with van der Waals surface area (Å²) in [4.78, 5) is 17.1. The molecular formula is C25H25Cl2FN4O2. The summed E-state index contributed by atoms with van der Waals surface area (Å²) >= 11 is 11.7. The molecule has 0 aliphatic rings. The van der Waals surface area contributed by atoms with Crippen molar-refractivity contribution < 1.29 is 14.3 Å². The third-order valence-corrected chi connectivity index (χ3v) is 5.61. The van der Waals surface area contributed by atoms with E-state index in [2.05, 4.69) is 15.6 Å². The largest absolute Gasteiger partial charge is 0.394 e. The average molecular weight is 503 g/mol. The number of aliphatic hydroxyl groups is 1. The van der Waals surface area contributed by atoms with Crippen LogP contribution in [0.2, 0.25) is 5.02 Å². The number of alkyl halides is 1. The standard InChI is InChI=1S/C25H25Cl2FN4O2/c1-16(5-3-4-9-26)22(15-33)31-25(34)18-8-10-32(14-18)23-12-24(29-13-17(23)2)30-21-7-6-19(28)11-20(21)27/h3-8,10-14,22,33H,9,15H2,1-2H3,(H,29,30)(H,31,34)/b4-3-,16-5+. The maximum absolute atomic E-state index is 13.3. The van der Waals surface area contributed by atoms with Gasteiger partial charge >= 0.3 is 0 Å². The normalized spacial score (nSPS) is 12.7. The predicted molar refractivity (Wildman–Crippen MR) is 135 cm³/mol. The van der Waals surface area contributed by atoms with Crippen molar-refractivity contribution in [2.24, 2.45) is 0 Å². The van der Waals surface area contributed by atoms with Gasteiger partial charge in [0.1, 0.15) is 11.6 Å². The topological polar surface area (TPSA) is 79.2 Å². The van der Waals surface area contributed by atoms with E-state index in [1.807, 2.05) is 24.5 Å². The third-order valence-electron chi connectivity index (χ3n) is 5.12. The zero-order valence-corrected chi connectivity index (χ0v) is 20.2. The number of anilines is 2. The number of nitrogens with zero attached hydrogens (tertiary/aromatic N) is 2. The predicted octanol–water partition coefficient (Wildman–Crippen LogP) is 5.55. The van der Waals surface area contributed by atoms with Crippen LogP contribution in [0, 0.1) is 12.7 Å². The molecule has 3 rings (SSSR count). The van der Waals surface area contributed by atoms with Gasteiger partial charge in [-0.3, -0.25) is 4.79 Å². The Hall–Kier alpha value is -3.13. The maximum atomic E-state index is 13.3. The number of hydrogen-bond acceptors (Lipinski definition) is 4. The van der Waals surface area contributed by atoms with Crippen molar-refractivity contribution in [3.63, 3.8) is 0 Å². The quantitative estimate of drug-likeness (QED) is 0.264. The van der Waals surface area contributed by atoms with E-state index in [0.717, 1.165) is 16.8 Å². The fraction of sp³-hybridized carbons (Fsp3) is 0.200. The summed E-state index contributed by atoms with van der Waals surface area (Å²) in [6.07, 6.45) is 10.5. The second-order valence-electron chi connectivity index (χ2n) is 7.61. The van der Waals surface area contributed by atoms with Gasteiger partial charge in [0, 0.05) is 30.5 Å². The lowest BCUT2D eigenvalue weighted by Crippen LogP contribution is -2.38. The molecule has 1 aromatic carbocycles. The molecule has 6 nitrogen and oxygen atoms in total. The summed E-state index contributed by atoms with van der Waals surface area (Å²) < 4.78 is 15.1. The molecule has 3 N–H and O–H groups in total. The second-order valence-corrected chi connectivity index (χ2v) is 8.33. The van der Waals surface area contributed by atoms with Crippen molar-refractivity contribution in [3.8, 4) is 5.69 Å². The summed E-state index contributed by atoms with van der Waals surface area (Å²) in [7, 11) is 0. The number of carbonyl (C=O) groups is 1. The molecule has 178 valence electrons. The molecule has 0 bridgehead atoms. The molecule has 2 heterocycles. The van der Waals surface area contributed by atoms with Gasteiger partial charge in [-0.25, -0.2) is 9.37 Å². The Kier molecular flexibility index (Phi) is 8.87. The Morgan fingerprint density at radius 3 is 2.82 bits per heavy atom. The molecule has 0 saturated carbocycles. The van der Waals surface area contributed by atoms with Crippen molar-refractivity contribution in [2.75, 3.05) is 17.8 Å². The highest BCUT2D eigenvalue weighted by molar-refractivity contribution is 6.33. The van der Waals surface area contributed by atoms with Crippen LogP contribution in [0.3, 0.4) is 0 Å². The lowest BCUT2D eigenvalue weighted by atomic mass is 10.1. The van der Waals surface area contributed by atoms with Gasteiger partial charge in [-0.05, 0) is 49.2 Å². The van der Waals surface area contributed by atoms with Crippen molar-refractivity contribution in [3.05, 3.63) is 94.7 Å². The highest BCUT2D eigenvalue weighted by Gasteiger charge is 2.16. The van der Waals surface area contributed by atoms with E-state index in [-0.39, 0.29) is 17.5 Å². The molecule has 0 radical (unpaired) electrons. The first-order valence-electron chi connectivity index (χ1n) is 10.5. The van der Waals surface area contributed by atoms with E-state index < -0.39 is 11.9 Å². The number of rotatable bonds is 9. The van der Waals surface area contributed by atoms with Gasteiger partial charge in [-0.15, -0.1) is 11.6 Å². The van der Waals surface area contributed by atoms with Crippen LogP contribution in [0.15, 0.2) is 72.7 Å². The summed E-state index contributed by atoms with van der Waals surface area (Å²) in [6.45, 7) is 3.50. The Bertz CT molecular complexity index is 1220. The van der Waals surface area contributed by atoms with Gasteiger partial charge in [0.25, 0.3) is 5.91 Å². The van der Waals surface area contributed by atoms with E-state index >= 15 is 0 Å². The van der Waals surface area contributed by atoms with E-state index in [1.54, 1.807) is 42.9 Å². The summed E-state index contributed by atoms with van der Waals surface area (Å²) in [6, 6.07) is 7.06. The summed E-state index contributed by atoms with van der Waals surface area (Å²) in [5.41, 5.74) is 3.45. The van der Waals surface area contributed by atoms with Crippen LogP contribution in [0.4, 0.5) is 15.9 Å². The number of amides is 1. The molecule has 1 unspecified atom stereocenters. The van der Waals surface area contributed by atoms with Crippen molar-refractivity contribution >= 4 is 40.6 Å². The maximum Gasteiger partial charge on any atom is 0.253 e. The average Bonchev–Trinajstić information content (AvgIpc) is 3.30. The number of carbonyl (C=O) groups excluding carboxylic acids is 1.